The van der Waals surface area contributed by atoms with Crippen molar-refractivity contribution in [3.05, 3.63) is 16.1 Å². The Morgan fingerprint density at radius 2 is 2.29 bits per heavy atom. The molecule has 1 saturated heterocycles. The smallest absolute Gasteiger partial charge is 0.270 e. The quantitative estimate of drug-likeness (QED) is 0.728. The van der Waals surface area contributed by atoms with Gasteiger partial charge in [0, 0.05) is 38.0 Å². The molecule has 1 amide bonds. The van der Waals surface area contributed by atoms with Gasteiger partial charge in [-0.15, -0.1) is 36.2 Å². The van der Waals surface area contributed by atoms with Crippen LogP contribution in [0, 0.1) is 5.92 Å². The third-order valence-corrected chi connectivity index (χ3v) is 4.39. The van der Waals surface area contributed by atoms with Crippen molar-refractivity contribution >= 4 is 42.1 Å². The van der Waals surface area contributed by atoms with Crippen molar-refractivity contribution in [2.45, 2.75) is 26.4 Å². The molecule has 2 heterocycles. The zero-order chi connectivity index (χ0) is 15.9. The molecule has 1 aliphatic heterocycles. The summed E-state index contributed by atoms with van der Waals surface area (Å²) in [6.45, 7) is 9.15. The van der Waals surface area contributed by atoms with Crippen LogP contribution in [0.3, 0.4) is 0 Å². The normalized spacial score (nSPS) is 17.9. The van der Waals surface area contributed by atoms with Crippen LogP contribution < -0.4 is 11.1 Å². The number of amides is 1. The Labute approximate surface area is 160 Å². The number of nitrogens with one attached hydrogen (secondary N) is 1. The average Bonchev–Trinajstić information content (AvgIpc) is 2.94. The summed E-state index contributed by atoms with van der Waals surface area (Å²) in [5.41, 5.74) is 5.97. The van der Waals surface area contributed by atoms with Crippen LogP contribution in [-0.4, -0.2) is 61.2 Å². The Bertz CT molecular complexity index is 488. The second-order valence-corrected chi connectivity index (χ2v) is 6.96. The topological polar surface area (TPSA) is 80.5 Å². The van der Waals surface area contributed by atoms with E-state index < -0.39 is 0 Å². The zero-order valence-corrected chi connectivity index (χ0v) is 16.6. The third-order valence-electron chi connectivity index (χ3n) is 3.48. The molecular formula is C15H28Cl2N4O2S. The van der Waals surface area contributed by atoms with Crippen molar-refractivity contribution < 1.29 is 9.53 Å². The van der Waals surface area contributed by atoms with Gasteiger partial charge in [0.15, 0.2) is 0 Å². The lowest BCUT2D eigenvalue weighted by Gasteiger charge is -2.33. The van der Waals surface area contributed by atoms with Gasteiger partial charge >= 0.3 is 0 Å². The molecule has 24 heavy (non-hydrogen) atoms. The van der Waals surface area contributed by atoms with E-state index in [0.29, 0.717) is 31.1 Å². The summed E-state index contributed by atoms with van der Waals surface area (Å²) < 4.78 is 5.73. The minimum atomic E-state index is -0.135. The summed E-state index contributed by atoms with van der Waals surface area (Å²) in [6, 6.07) is 0. The number of ether oxygens (including phenoxy) is 1. The highest BCUT2D eigenvalue weighted by atomic mass is 35.5. The maximum atomic E-state index is 12.1. The van der Waals surface area contributed by atoms with E-state index in [1.165, 1.54) is 11.3 Å². The highest BCUT2D eigenvalue weighted by molar-refractivity contribution is 7.09. The maximum Gasteiger partial charge on any atom is 0.270 e. The molecule has 0 spiro atoms. The van der Waals surface area contributed by atoms with Crippen LogP contribution in [0.1, 0.15) is 29.3 Å². The van der Waals surface area contributed by atoms with Crippen LogP contribution in [-0.2, 0) is 11.2 Å². The van der Waals surface area contributed by atoms with Gasteiger partial charge < -0.3 is 15.8 Å². The Morgan fingerprint density at radius 1 is 1.54 bits per heavy atom. The SMILES string of the molecule is CC(C)CN1CCOC(CNC(=O)c2csc(CCN)n2)C1.Cl.Cl. The molecule has 1 aromatic heterocycles. The maximum absolute atomic E-state index is 12.1. The minimum absolute atomic E-state index is 0. The number of rotatable bonds is 7. The van der Waals surface area contributed by atoms with Gasteiger partial charge in [0.2, 0.25) is 0 Å². The molecule has 0 saturated carbocycles. The molecule has 1 atom stereocenters. The number of carbonyl (C=O) groups is 1. The largest absolute Gasteiger partial charge is 0.374 e. The third kappa shape index (κ3) is 7.63. The van der Waals surface area contributed by atoms with Crippen LogP contribution in [0.15, 0.2) is 5.38 Å². The molecule has 0 bridgehead atoms. The van der Waals surface area contributed by atoms with E-state index in [1.54, 1.807) is 5.38 Å². The van der Waals surface area contributed by atoms with Gasteiger partial charge in [0.1, 0.15) is 5.69 Å². The van der Waals surface area contributed by atoms with E-state index in [0.717, 1.165) is 31.2 Å². The van der Waals surface area contributed by atoms with Crippen molar-refractivity contribution in [1.82, 2.24) is 15.2 Å². The lowest BCUT2D eigenvalue weighted by molar-refractivity contribution is -0.0295. The lowest BCUT2D eigenvalue weighted by Crippen LogP contribution is -2.48. The van der Waals surface area contributed by atoms with Crippen LogP contribution in [0.4, 0.5) is 0 Å². The molecule has 0 aromatic carbocycles. The Morgan fingerprint density at radius 3 is 2.96 bits per heavy atom. The number of thiazole rings is 1. The standard InChI is InChI=1S/C15H26N4O2S.2ClH/c1-11(2)8-19-5-6-21-12(9-19)7-17-15(20)13-10-22-14(18-13)3-4-16;;/h10-12H,3-9,16H2,1-2H3,(H,17,20);2*1H. The first-order chi connectivity index (χ1) is 10.6. The first kappa shape index (κ1) is 23.6. The minimum Gasteiger partial charge on any atom is -0.374 e. The second-order valence-electron chi connectivity index (χ2n) is 6.02. The van der Waals surface area contributed by atoms with Gasteiger partial charge in [-0.1, -0.05) is 13.8 Å². The fourth-order valence-electron chi connectivity index (χ4n) is 2.54. The lowest BCUT2D eigenvalue weighted by atomic mass is 10.2. The fourth-order valence-corrected chi connectivity index (χ4v) is 3.33. The van der Waals surface area contributed by atoms with Crippen molar-refractivity contribution in [2.24, 2.45) is 11.7 Å². The Hall–Kier alpha value is -0.440. The van der Waals surface area contributed by atoms with Crippen molar-refractivity contribution in [3.8, 4) is 0 Å². The highest BCUT2D eigenvalue weighted by Gasteiger charge is 2.22. The van der Waals surface area contributed by atoms with Gasteiger partial charge in [-0.25, -0.2) is 4.98 Å². The summed E-state index contributed by atoms with van der Waals surface area (Å²) in [5, 5.41) is 5.61. The summed E-state index contributed by atoms with van der Waals surface area (Å²) in [7, 11) is 0. The number of nitrogens with zero attached hydrogens (tertiary/aromatic N) is 2. The summed E-state index contributed by atoms with van der Waals surface area (Å²) in [5.74, 6) is 0.508. The molecule has 1 aliphatic rings. The zero-order valence-electron chi connectivity index (χ0n) is 14.2. The van der Waals surface area contributed by atoms with Crippen molar-refractivity contribution in [1.29, 1.82) is 0 Å². The number of hydrogen-bond acceptors (Lipinski definition) is 6. The second kappa shape index (κ2) is 12.0. The van der Waals surface area contributed by atoms with Crippen LogP contribution in [0.25, 0.3) is 0 Å². The van der Waals surface area contributed by atoms with Gasteiger partial charge in [0.25, 0.3) is 5.91 Å². The monoisotopic (exact) mass is 398 g/mol. The molecule has 0 aliphatic carbocycles. The van der Waals surface area contributed by atoms with Gasteiger partial charge in [-0.2, -0.15) is 0 Å². The van der Waals surface area contributed by atoms with Gasteiger partial charge in [-0.3, -0.25) is 9.69 Å². The molecule has 9 heteroatoms. The highest BCUT2D eigenvalue weighted by Crippen LogP contribution is 2.11. The predicted molar refractivity (Wildman–Crippen MR) is 103 cm³/mol. The number of carbonyl (C=O) groups excluding carboxylic acids is 1. The van der Waals surface area contributed by atoms with E-state index >= 15 is 0 Å². The number of halogens is 2. The Balaban J connectivity index is 0.00000264. The molecule has 1 aromatic rings. The predicted octanol–water partition coefficient (Wildman–Crippen LogP) is 1.57. The molecule has 2 rings (SSSR count). The van der Waals surface area contributed by atoms with E-state index in [4.69, 9.17) is 10.5 Å². The molecule has 3 N–H and O–H groups in total. The first-order valence-corrected chi connectivity index (χ1v) is 8.73. The van der Waals surface area contributed by atoms with Gasteiger partial charge in [-0.05, 0) is 12.5 Å². The van der Waals surface area contributed by atoms with Crippen molar-refractivity contribution in [2.75, 3.05) is 39.3 Å². The van der Waals surface area contributed by atoms with E-state index in [2.05, 4.69) is 29.0 Å². The number of morpholine rings is 1. The molecule has 1 unspecified atom stereocenters. The average molecular weight is 399 g/mol. The molecule has 6 nitrogen and oxygen atoms in total. The van der Waals surface area contributed by atoms with E-state index in [-0.39, 0.29) is 36.8 Å². The number of aromatic nitrogens is 1. The first-order valence-electron chi connectivity index (χ1n) is 7.85. The molecule has 140 valence electrons. The summed E-state index contributed by atoms with van der Waals surface area (Å²) in [4.78, 5) is 18.8. The Kier molecular flexibility index (Phi) is 11.8. The number of nitrogens with two attached hydrogens (primary N) is 1. The molecule has 0 radical (unpaired) electrons. The van der Waals surface area contributed by atoms with Crippen molar-refractivity contribution in [3.63, 3.8) is 0 Å². The van der Waals surface area contributed by atoms with Crippen LogP contribution in [0.2, 0.25) is 0 Å². The molecule has 1 fully saturated rings. The molecular weight excluding hydrogens is 371 g/mol. The summed E-state index contributed by atoms with van der Waals surface area (Å²) in [6.07, 6.45) is 0.770. The summed E-state index contributed by atoms with van der Waals surface area (Å²) >= 11 is 1.48. The van der Waals surface area contributed by atoms with Crippen LogP contribution >= 0.6 is 36.2 Å². The van der Waals surface area contributed by atoms with Gasteiger partial charge in [0.05, 0.1) is 17.7 Å². The van der Waals surface area contributed by atoms with E-state index in [1.807, 2.05) is 0 Å². The van der Waals surface area contributed by atoms with E-state index in [9.17, 15) is 4.79 Å². The number of hydrogen-bond donors (Lipinski definition) is 2. The fraction of sp³-hybridized carbons (Fsp3) is 0.733. The van der Waals surface area contributed by atoms with Crippen LogP contribution in [0.5, 0.6) is 0 Å².